The molecule has 2 atom stereocenters. The third kappa shape index (κ3) is 6.17. The van der Waals surface area contributed by atoms with E-state index in [9.17, 15) is 20.2 Å². The average molecular weight is 810 g/mol. The third-order valence-corrected chi connectivity index (χ3v) is 12.1. The number of allylic oxidation sites excluding steroid dienone is 6. The lowest BCUT2D eigenvalue weighted by molar-refractivity contribution is -0.385. The standard InChI is InChI=1S/C44H34Cl2N8O4/c1-51-21-16-27(17-22-51)40-33-9-10-34(47-33)41(28-5-3-7-31(25-28)53(55)56)35-11-12-36(48-35)42(29-6-4-8-32(26-29)54(57)58)37-13-14-39(49-37)44(46,30-18-23-52(2)24-19-30)43(45)20-15-38(40)50-43/h3-21,23,25-26,47,49H,22,24H2,1-2H3. The van der Waals surface area contributed by atoms with Gasteiger partial charge in [-0.2, -0.15) is 0 Å². The number of non-ortho nitro benzene ring substituents is 2. The van der Waals surface area contributed by atoms with E-state index in [2.05, 4.69) is 20.9 Å². The van der Waals surface area contributed by atoms with Crippen molar-refractivity contribution >= 4 is 62.7 Å². The van der Waals surface area contributed by atoms with Gasteiger partial charge in [-0.15, -0.1) is 11.6 Å². The van der Waals surface area contributed by atoms with Crippen LogP contribution in [0.25, 0.3) is 16.7 Å². The van der Waals surface area contributed by atoms with Crippen molar-refractivity contribution in [2.45, 2.75) is 9.87 Å². The summed E-state index contributed by atoms with van der Waals surface area (Å²) in [5, 5.41) is 25.4. The zero-order valence-corrected chi connectivity index (χ0v) is 32.7. The molecule has 2 unspecified atom stereocenters. The van der Waals surface area contributed by atoms with Gasteiger partial charge < -0.3 is 19.8 Å². The van der Waals surface area contributed by atoms with Crippen molar-refractivity contribution < 1.29 is 9.85 Å². The molecule has 288 valence electrons. The summed E-state index contributed by atoms with van der Waals surface area (Å²) in [5.41, 5.74) is 7.29. The molecular weight excluding hydrogens is 775 g/mol. The Balaban J connectivity index is 1.40. The van der Waals surface area contributed by atoms with Crippen molar-refractivity contribution in [1.29, 1.82) is 0 Å². The predicted octanol–water partition coefficient (Wildman–Crippen LogP) is 7.14. The van der Waals surface area contributed by atoms with E-state index in [4.69, 9.17) is 33.2 Å². The van der Waals surface area contributed by atoms with E-state index in [1.165, 1.54) is 24.3 Å². The SMILES string of the molecule is CN1C=CC(C2=c3ccc([nH]3)=C(c3cccc([N+](=O)[O-])c3)C3=NC(=C(c4cccc([N+](=O)[O-])c4)c4ccc([nH]4)C(Cl)(C4=CCN(C)C=C4)C4(Cl)C=CC2=N4)C=C3)=CC1. The lowest BCUT2D eigenvalue weighted by Crippen LogP contribution is -2.42. The highest BCUT2D eigenvalue weighted by molar-refractivity contribution is 6.41. The number of benzene rings is 2. The van der Waals surface area contributed by atoms with E-state index in [0.717, 1.165) is 22.1 Å². The van der Waals surface area contributed by atoms with Crippen LogP contribution in [0.3, 0.4) is 0 Å². The number of H-pyrrole nitrogens is 2. The molecule has 8 bridgehead atoms. The maximum atomic E-state index is 12.0. The van der Waals surface area contributed by atoms with Crippen LogP contribution in [0.1, 0.15) is 22.5 Å². The van der Waals surface area contributed by atoms with Gasteiger partial charge in [0.15, 0.2) is 9.87 Å². The van der Waals surface area contributed by atoms with Gasteiger partial charge in [-0.25, -0.2) is 4.99 Å². The molecular formula is C44H34Cl2N8O4. The quantitative estimate of drug-likeness (QED) is 0.0916. The van der Waals surface area contributed by atoms with Gasteiger partial charge in [0.2, 0.25) is 0 Å². The molecule has 2 aromatic carbocycles. The van der Waals surface area contributed by atoms with Crippen molar-refractivity contribution in [2.24, 2.45) is 9.98 Å². The number of aromatic amines is 2. The first-order valence-corrected chi connectivity index (χ1v) is 19.2. The van der Waals surface area contributed by atoms with E-state index in [1.807, 2.05) is 104 Å². The largest absolute Gasteiger partial charge is 0.377 e. The number of hydrogen-bond donors (Lipinski definition) is 2. The molecule has 0 saturated carbocycles. The summed E-state index contributed by atoms with van der Waals surface area (Å²) in [6.45, 7) is 1.25. The number of aromatic nitrogens is 2. The minimum absolute atomic E-state index is 0.0737. The molecule has 58 heavy (non-hydrogen) atoms. The molecule has 2 aromatic heterocycles. The topological polar surface area (TPSA) is 149 Å². The lowest BCUT2D eigenvalue weighted by Gasteiger charge is -2.39. The van der Waals surface area contributed by atoms with E-state index in [0.29, 0.717) is 69.2 Å². The summed E-state index contributed by atoms with van der Waals surface area (Å²) in [4.78, 5) is 41.9. The first kappa shape index (κ1) is 36.9. The molecule has 12 nitrogen and oxygen atoms in total. The maximum absolute atomic E-state index is 12.0. The Hall–Kier alpha value is -6.76. The number of hydrogen-bond acceptors (Lipinski definition) is 8. The van der Waals surface area contributed by atoms with Gasteiger partial charge in [-0.3, -0.25) is 25.2 Å². The van der Waals surface area contributed by atoms with Gasteiger partial charge in [0.1, 0.15) is 0 Å². The summed E-state index contributed by atoms with van der Waals surface area (Å²) in [7, 11) is 3.96. The van der Waals surface area contributed by atoms with Crippen molar-refractivity contribution in [1.82, 2.24) is 19.8 Å². The molecule has 0 spiro atoms. The minimum Gasteiger partial charge on any atom is -0.377 e. The van der Waals surface area contributed by atoms with Gasteiger partial charge in [0, 0.05) is 90.3 Å². The Morgan fingerprint density at radius 3 is 2.00 bits per heavy atom. The van der Waals surface area contributed by atoms with E-state index >= 15 is 0 Å². The number of alkyl halides is 2. The molecule has 0 amide bonds. The number of fused-ring (bicyclic) bond motifs is 6. The van der Waals surface area contributed by atoms with Crippen LogP contribution in [-0.4, -0.2) is 73.2 Å². The van der Waals surface area contributed by atoms with E-state index in [-0.39, 0.29) is 11.4 Å². The number of aliphatic imine (C=N–C) groups is 2. The van der Waals surface area contributed by atoms with E-state index < -0.39 is 19.7 Å². The normalized spacial score (nSPS) is 22.3. The summed E-state index contributed by atoms with van der Waals surface area (Å²) in [5.74, 6) is 0. The highest BCUT2D eigenvalue weighted by Crippen LogP contribution is 2.54. The fourth-order valence-corrected chi connectivity index (χ4v) is 8.58. The molecule has 14 heteroatoms. The fraction of sp³-hybridized carbons (Fsp3) is 0.136. The number of rotatable bonds is 6. The number of halogens is 2. The molecule has 0 saturated heterocycles. The fourth-order valence-electron chi connectivity index (χ4n) is 7.86. The third-order valence-electron chi connectivity index (χ3n) is 10.8. The molecule has 0 aliphatic carbocycles. The van der Waals surface area contributed by atoms with Gasteiger partial charge in [0.05, 0.1) is 27.0 Å². The summed E-state index contributed by atoms with van der Waals surface area (Å²) < 4.78 is 0. The molecule has 4 aromatic rings. The first-order valence-electron chi connectivity index (χ1n) is 18.4. The Bertz CT molecular complexity index is 2890. The van der Waals surface area contributed by atoms with Gasteiger partial charge in [-0.05, 0) is 95.4 Å². The zero-order valence-electron chi connectivity index (χ0n) is 31.2. The van der Waals surface area contributed by atoms with E-state index in [1.54, 1.807) is 18.2 Å². The molecule has 7 heterocycles. The summed E-state index contributed by atoms with van der Waals surface area (Å²) in [6, 6.07) is 20.4. The molecule has 5 aliphatic heterocycles. The molecule has 2 N–H and O–H groups in total. The lowest BCUT2D eigenvalue weighted by atomic mass is 9.85. The summed E-state index contributed by atoms with van der Waals surface area (Å²) in [6.07, 6.45) is 19.5. The summed E-state index contributed by atoms with van der Waals surface area (Å²) >= 11 is 15.7. The Kier molecular flexibility index (Phi) is 8.90. The molecule has 0 radical (unpaired) electrons. The van der Waals surface area contributed by atoms with Crippen LogP contribution in [0.5, 0.6) is 0 Å². The van der Waals surface area contributed by atoms with Gasteiger partial charge in [0.25, 0.3) is 11.4 Å². The maximum Gasteiger partial charge on any atom is 0.270 e. The number of likely N-dealkylation sites (N-methyl/N-ethyl adjacent to an activating group) is 2. The van der Waals surface area contributed by atoms with Crippen LogP contribution in [0, 0.1) is 20.2 Å². The Morgan fingerprint density at radius 1 is 0.707 bits per heavy atom. The van der Waals surface area contributed by atoms with Crippen molar-refractivity contribution in [3.05, 3.63) is 204 Å². The van der Waals surface area contributed by atoms with Crippen molar-refractivity contribution in [2.75, 3.05) is 27.2 Å². The minimum atomic E-state index is -1.54. The highest BCUT2D eigenvalue weighted by Gasteiger charge is 2.54. The number of nitro benzene ring substituents is 2. The second kappa shape index (κ2) is 14.0. The smallest absolute Gasteiger partial charge is 0.270 e. The Labute approximate surface area is 342 Å². The molecule has 5 aliphatic rings. The second-order valence-corrected chi connectivity index (χ2v) is 15.7. The zero-order chi connectivity index (χ0) is 40.3. The second-order valence-electron chi connectivity index (χ2n) is 14.5. The number of nitro groups is 2. The number of nitrogens with zero attached hydrogens (tertiary/aromatic N) is 6. The Morgan fingerprint density at radius 2 is 1.36 bits per heavy atom. The number of nitrogens with one attached hydrogen (secondary N) is 2. The van der Waals surface area contributed by atoms with Crippen LogP contribution in [0.2, 0.25) is 0 Å². The highest BCUT2D eigenvalue weighted by atomic mass is 35.5. The van der Waals surface area contributed by atoms with Gasteiger partial charge >= 0.3 is 0 Å². The predicted molar refractivity (Wildman–Crippen MR) is 228 cm³/mol. The molecule has 0 fully saturated rings. The average Bonchev–Trinajstić information content (AvgIpc) is 4.06. The van der Waals surface area contributed by atoms with Crippen LogP contribution in [-0.2, 0) is 4.87 Å². The van der Waals surface area contributed by atoms with Crippen LogP contribution >= 0.6 is 23.2 Å². The van der Waals surface area contributed by atoms with Crippen LogP contribution < -0.4 is 10.7 Å². The van der Waals surface area contributed by atoms with Crippen LogP contribution in [0.4, 0.5) is 11.4 Å². The first-order chi connectivity index (χ1) is 27.9. The monoisotopic (exact) mass is 808 g/mol. The van der Waals surface area contributed by atoms with Crippen molar-refractivity contribution in [3.8, 4) is 0 Å². The van der Waals surface area contributed by atoms with Crippen molar-refractivity contribution in [3.63, 3.8) is 0 Å². The molecule has 9 rings (SSSR count). The van der Waals surface area contributed by atoms with Crippen LogP contribution in [0.15, 0.2) is 161 Å². The van der Waals surface area contributed by atoms with Gasteiger partial charge in [-0.1, -0.05) is 48.0 Å².